The second-order valence-corrected chi connectivity index (χ2v) is 20.5. The Labute approximate surface area is 406 Å². The number of nitrogens with one attached hydrogen (secondary N) is 4. The second-order valence-electron chi connectivity index (χ2n) is 20.5. The molecule has 364 valence electrons. The predicted molar refractivity (Wildman–Crippen MR) is 268 cm³/mol. The van der Waals surface area contributed by atoms with E-state index >= 15 is 0 Å². The molecule has 4 N–H and O–H groups in total. The number of aromatic nitrogens is 4. The number of aromatic amines is 2. The van der Waals surface area contributed by atoms with Crippen molar-refractivity contribution in [2.45, 2.75) is 122 Å². The van der Waals surface area contributed by atoms with Gasteiger partial charge in [0.15, 0.2) is 0 Å². The number of carbonyl (C=O) groups is 4. The van der Waals surface area contributed by atoms with Crippen LogP contribution < -0.4 is 10.6 Å². The van der Waals surface area contributed by atoms with Gasteiger partial charge in [0.1, 0.15) is 23.7 Å². The lowest BCUT2D eigenvalue weighted by Crippen LogP contribution is -2.51. The lowest BCUT2D eigenvalue weighted by atomic mass is 9.83. The molecule has 3 aromatic carbocycles. The summed E-state index contributed by atoms with van der Waals surface area (Å²) in [5, 5.41) is 5.46. The molecule has 4 amide bonds. The first-order chi connectivity index (χ1) is 33.1. The van der Waals surface area contributed by atoms with Crippen LogP contribution in [0.5, 0.6) is 0 Å². The number of likely N-dealkylation sites (tertiary alicyclic amines) is 2. The molecule has 2 fully saturated rings. The number of hydrogen-bond donors (Lipinski definition) is 4. The zero-order valence-electron chi connectivity index (χ0n) is 41.5. The summed E-state index contributed by atoms with van der Waals surface area (Å²) in [6.45, 7) is 15.6. The van der Waals surface area contributed by atoms with Crippen molar-refractivity contribution < 1.29 is 28.7 Å². The molecule has 14 nitrogen and oxygen atoms in total. The Balaban J connectivity index is 1.03. The number of ether oxygens (including phenoxy) is 2. The normalized spacial score (nSPS) is 19.3. The number of H-pyrrole nitrogens is 2. The molecule has 3 aliphatic rings. The Morgan fingerprint density at radius 1 is 0.623 bits per heavy atom. The van der Waals surface area contributed by atoms with E-state index in [0.717, 1.165) is 72.7 Å². The minimum absolute atomic E-state index is 0.0309. The van der Waals surface area contributed by atoms with Gasteiger partial charge >= 0.3 is 12.2 Å². The van der Waals surface area contributed by atoms with Gasteiger partial charge in [-0.25, -0.2) is 19.6 Å². The van der Waals surface area contributed by atoms with E-state index in [9.17, 15) is 19.2 Å². The Morgan fingerprint density at radius 3 is 1.49 bits per heavy atom. The Bertz CT molecular complexity index is 2660. The van der Waals surface area contributed by atoms with Crippen LogP contribution in [0.4, 0.5) is 9.59 Å². The average Bonchev–Trinajstić information content (AvgIpc) is 4.21. The van der Waals surface area contributed by atoms with Crippen LogP contribution in [0, 0.1) is 11.8 Å². The number of hydrogen-bond acceptors (Lipinski definition) is 8. The van der Waals surface area contributed by atoms with Gasteiger partial charge in [0.05, 0.1) is 50.1 Å². The Kier molecular flexibility index (Phi) is 14.5. The highest BCUT2D eigenvalue weighted by Gasteiger charge is 2.39. The number of methoxy groups -OCH3 is 2. The van der Waals surface area contributed by atoms with Gasteiger partial charge in [0.2, 0.25) is 11.8 Å². The number of benzene rings is 3. The zero-order valence-corrected chi connectivity index (χ0v) is 41.5. The van der Waals surface area contributed by atoms with Crippen LogP contribution in [0.15, 0.2) is 85.2 Å². The summed E-state index contributed by atoms with van der Waals surface area (Å²) >= 11 is 0. The molecule has 2 saturated heterocycles. The van der Waals surface area contributed by atoms with Gasteiger partial charge in [-0.2, -0.15) is 0 Å². The van der Waals surface area contributed by atoms with E-state index < -0.39 is 24.3 Å². The number of amides is 4. The van der Waals surface area contributed by atoms with Crippen LogP contribution in [0.2, 0.25) is 0 Å². The molecule has 2 aliphatic heterocycles. The van der Waals surface area contributed by atoms with Crippen molar-refractivity contribution in [1.82, 2.24) is 40.4 Å². The first-order valence-corrected chi connectivity index (χ1v) is 24.5. The van der Waals surface area contributed by atoms with Gasteiger partial charge in [-0.1, -0.05) is 121 Å². The number of imidazole rings is 2. The lowest BCUT2D eigenvalue weighted by Gasteiger charge is -2.30. The van der Waals surface area contributed by atoms with Crippen LogP contribution >= 0.6 is 0 Å². The molecule has 14 heteroatoms. The molecular formula is C55H68N8O6. The molecule has 5 atom stereocenters. The van der Waals surface area contributed by atoms with Crippen molar-refractivity contribution in [1.29, 1.82) is 0 Å². The number of nitrogens with zero attached hydrogens (tertiary/aromatic N) is 4. The number of rotatable bonds is 13. The van der Waals surface area contributed by atoms with Crippen molar-refractivity contribution in [3.05, 3.63) is 119 Å². The third-order valence-electron chi connectivity index (χ3n) is 14.3. The van der Waals surface area contributed by atoms with Crippen molar-refractivity contribution in [2.75, 3.05) is 27.3 Å². The van der Waals surface area contributed by atoms with Crippen LogP contribution in [0.1, 0.15) is 139 Å². The monoisotopic (exact) mass is 937 g/mol. The van der Waals surface area contributed by atoms with Gasteiger partial charge in [-0.05, 0) is 100 Å². The summed E-state index contributed by atoms with van der Waals surface area (Å²) in [4.78, 5) is 72.0. The number of carbonyl (C=O) groups excluding carboxylic acids is 4. The standard InChI is InChI=1S/C55H68N8O6/c1-32(2)47(60-53(66)68-8)51(64)62-28-10-12-44(62)49-56-30-42(58-49)36-18-14-34(15-19-36)40-26-27-41(46(40)38-22-24-39(25-23-38)55(5,6)7)35-16-20-37(21-17-35)43-31-57-50(59-43)45-13-11-29-63(45)52(65)48(33(3)4)61-54(67)69-9/h14-25,30-33,40,44-45,47-48H,10-13,26-29H2,1-9H3,(H,56,58)(H,57,59)(H,60,66)(H,61,67)/t40?,44-,45-,47-,48-/m0/s1. The summed E-state index contributed by atoms with van der Waals surface area (Å²) in [5.41, 5.74) is 11.4. The number of allylic oxidation sites excluding steroid dienone is 2. The molecular weight excluding hydrogens is 869 g/mol. The SMILES string of the molecule is COC(=O)N[C@H](C(=O)N1CCC[C@H]1c1ncc(-c2ccc(C3=C(c4ccc(C(C)(C)C)cc4)C(c4ccc(-c5cnc([C@@H]6CCCN6C(=O)[C@@H](NC(=O)OC)C(C)C)[nH]5)cc4)CC3)cc2)[nH]1)C(C)C. The Hall–Kier alpha value is -6.70. The van der Waals surface area contributed by atoms with Crippen molar-refractivity contribution in [3.8, 4) is 22.5 Å². The minimum atomic E-state index is -0.695. The molecule has 0 bridgehead atoms. The van der Waals surface area contributed by atoms with E-state index in [1.807, 2.05) is 49.9 Å². The zero-order chi connectivity index (χ0) is 49.1. The molecule has 2 aromatic heterocycles. The van der Waals surface area contributed by atoms with E-state index in [0.29, 0.717) is 13.1 Å². The van der Waals surface area contributed by atoms with Crippen molar-refractivity contribution in [2.24, 2.45) is 11.8 Å². The fourth-order valence-electron chi connectivity index (χ4n) is 10.4. The predicted octanol–water partition coefficient (Wildman–Crippen LogP) is 10.3. The smallest absolute Gasteiger partial charge is 0.407 e. The van der Waals surface area contributed by atoms with Crippen LogP contribution in [0.3, 0.4) is 0 Å². The first-order valence-electron chi connectivity index (χ1n) is 24.5. The highest BCUT2D eigenvalue weighted by atomic mass is 16.5. The second kappa shape index (κ2) is 20.5. The third kappa shape index (κ3) is 10.4. The maximum absolute atomic E-state index is 13.8. The van der Waals surface area contributed by atoms with Gasteiger partial charge in [-0.15, -0.1) is 0 Å². The van der Waals surface area contributed by atoms with E-state index in [2.05, 4.69) is 114 Å². The van der Waals surface area contributed by atoms with Gasteiger partial charge in [0, 0.05) is 19.0 Å². The molecule has 8 rings (SSSR count). The maximum atomic E-state index is 13.8. The van der Waals surface area contributed by atoms with Crippen molar-refractivity contribution >= 4 is 35.1 Å². The van der Waals surface area contributed by atoms with E-state index in [4.69, 9.17) is 19.4 Å². The van der Waals surface area contributed by atoms with Gasteiger partial charge in [0.25, 0.3) is 0 Å². The minimum Gasteiger partial charge on any atom is -0.453 e. The van der Waals surface area contributed by atoms with E-state index in [-0.39, 0.29) is 47.1 Å². The fraction of sp³-hybridized carbons (Fsp3) is 0.455. The highest BCUT2D eigenvalue weighted by Crippen LogP contribution is 2.49. The molecule has 0 spiro atoms. The van der Waals surface area contributed by atoms with Crippen LogP contribution in [0.25, 0.3) is 33.7 Å². The average molecular weight is 937 g/mol. The van der Waals surface area contributed by atoms with Gasteiger partial charge in [-0.3, -0.25) is 9.59 Å². The third-order valence-corrected chi connectivity index (χ3v) is 14.3. The molecule has 0 radical (unpaired) electrons. The van der Waals surface area contributed by atoms with E-state index in [1.54, 1.807) is 0 Å². The quantitative estimate of drug-likeness (QED) is 0.0902. The molecule has 4 heterocycles. The first kappa shape index (κ1) is 48.7. The van der Waals surface area contributed by atoms with Crippen molar-refractivity contribution in [3.63, 3.8) is 0 Å². The molecule has 1 unspecified atom stereocenters. The largest absolute Gasteiger partial charge is 0.453 e. The summed E-state index contributed by atoms with van der Waals surface area (Å²) in [6.07, 6.45) is 7.62. The topological polar surface area (TPSA) is 175 Å². The van der Waals surface area contributed by atoms with Crippen LogP contribution in [-0.2, 0) is 24.5 Å². The molecule has 1 aliphatic carbocycles. The summed E-state index contributed by atoms with van der Waals surface area (Å²) in [6, 6.07) is 24.8. The Morgan fingerprint density at radius 2 is 1.06 bits per heavy atom. The maximum Gasteiger partial charge on any atom is 0.407 e. The van der Waals surface area contributed by atoms with Crippen LogP contribution in [-0.4, -0.2) is 93.1 Å². The lowest BCUT2D eigenvalue weighted by molar-refractivity contribution is -0.136. The molecule has 0 saturated carbocycles. The van der Waals surface area contributed by atoms with E-state index in [1.165, 1.54) is 47.6 Å². The van der Waals surface area contributed by atoms with Gasteiger partial charge < -0.3 is 39.9 Å². The fourth-order valence-corrected chi connectivity index (χ4v) is 10.4. The summed E-state index contributed by atoms with van der Waals surface area (Å²) < 4.78 is 9.62. The highest BCUT2D eigenvalue weighted by molar-refractivity contribution is 5.96. The summed E-state index contributed by atoms with van der Waals surface area (Å²) in [5.74, 6) is 1.17. The molecule has 69 heavy (non-hydrogen) atoms. The molecule has 5 aromatic rings. The number of alkyl carbamates (subject to hydrolysis) is 2. The summed E-state index contributed by atoms with van der Waals surface area (Å²) in [7, 11) is 2.60.